The van der Waals surface area contributed by atoms with Crippen molar-refractivity contribution in [1.29, 1.82) is 0 Å². The molecule has 1 aromatic rings. The molecule has 0 spiro atoms. The summed E-state index contributed by atoms with van der Waals surface area (Å²) in [5, 5.41) is 14.2. The van der Waals surface area contributed by atoms with Crippen molar-refractivity contribution in [3.8, 4) is 0 Å². The number of anilines is 2. The Morgan fingerprint density at radius 3 is 2.84 bits per heavy atom. The van der Waals surface area contributed by atoms with E-state index in [0.29, 0.717) is 17.7 Å². The number of nitrogen functional groups attached to an aromatic ring is 1. The average Bonchev–Trinajstić information content (AvgIpc) is 2.35. The van der Waals surface area contributed by atoms with E-state index >= 15 is 0 Å². The van der Waals surface area contributed by atoms with Crippen molar-refractivity contribution in [2.75, 3.05) is 11.1 Å². The molecule has 0 amide bonds. The van der Waals surface area contributed by atoms with Crippen LogP contribution in [-0.4, -0.2) is 15.9 Å². The number of hydrogen-bond acceptors (Lipinski definition) is 5. The highest BCUT2D eigenvalue weighted by Crippen LogP contribution is 2.33. The van der Waals surface area contributed by atoms with Crippen LogP contribution in [0, 0.1) is 22.0 Å². The van der Waals surface area contributed by atoms with Gasteiger partial charge in [-0.2, -0.15) is 0 Å². The van der Waals surface area contributed by atoms with Crippen LogP contribution in [0.25, 0.3) is 0 Å². The zero-order chi connectivity index (χ0) is 14.0. The summed E-state index contributed by atoms with van der Waals surface area (Å²) in [6, 6.07) is 3.08. The first-order valence-electron chi connectivity index (χ1n) is 6.66. The standard InChI is InChI=1S/C13H20N4O2/c1-8-4-3-5-10(9(8)2)15-13-11(17(18)19)6-7-12(14)16-13/h6-10H,3-5H2,1-2H3,(H3,14,15,16). The average molecular weight is 264 g/mol. The van der Waals surface area contributed by atoms with Crippen molar-refractivity contribution in [1.82, 2.24) is 4.98 Å². The lowest BCUT2D eigenvalue weighted by Gasteiger charge is -2.34. The van der Waals surface area contributed by atoms with Gasteiger partial charge in [0.1, 0.15) is 5.82 Å². The second kappa shape index (κ2) is 5.42. The molecule has 3 unspecified atom stereocenters. The number of rotatable bonds is 3. The van der Waals surface area contributed by atoms with E-state index in [4.69, 9.17) is 5.73 Å². The Morgan fingerprint density at radius 2 is 2.16 bits per heavy atom. The highest BCUT2D eigenvalue weighted by atomic mass is 16.6. The lowest BCUT2D eigenvalue weighted by atomic mass is 9.78. The van der Waals surface area contributed by atoms with Crippen LogP contribution in [0.15, 0.2) is 12.1 Å². The predicted octanol–water partition coefficient (Wildman–Crippen LogP) is 2.81. The number of nitrogens with zero attached hydrogens (tertiary/aromatic N) is 2. The molecule has 1 aliphatic rings. The number of hydrogen-bond donors (Lipinski definition) is 2. The van der Waals surface area contributed by atoms with Gasteiger partial charge in [0.05, 0.1) is 4.92 Å². The summed E-state index contributed by atoms with van der Waals surface area (Å²) in [5.41, 5.74) is 5.61. The highest BCUT2D eigenvalue weighted by Gasteiger charge is 2.29. The molecule has 19 heavy (non-hydrogen) atoms. The molecular formula is C13H20N4O2. The summed E-state index contributed by atoms with van der Waals surface area (Å²) in [5.74, 6) is 1.67. The minimum atomic E-state index is -0.425. The van der Waals surface area contributed by atoms with E-state index in [9.17, 15) is 10.1 Å². The Balaban J connectivity index is 2.22. The molecule has 0 radical (unpaired) electrons. The van der Waals surface area contributed by atoms with Crippen LogP contribution in [0.3, 0.4) is 0 Å². The SMILES string of the molecule is CC1CCCC(Nc2nc(N)ccc2[N+](=O)[O-])C1C. The summed E-state index contributed by atoms with van der Waals surface area (Å²) in [7, 11) is 0. The van der Waals surface area contributed by atoms with Crippen molar-refractivity contribution >= 4 is 17.3 Å². The fourth-order valence-corrected chi connectivity index (χ4v) is 2.68. The second-order valence-corrected chi connectivity index (χ2v) is 5.38. The number of nitrogens with one attached hydrogen (secondary N) is 1. The van der Waals surface area contributed by atoms with Crippen LogP contribution in [0.5, 0.6) is 0 Å². The predicted molar refractivity (Wildman–Crippen MR) is 74.9 cm³/mol. The van der Waals surface area contributed by atoms with Gasteiger partial charge >= 0.3 is 5.69 Å². The van der Waals surface area contributed by atoms with Crippen molar-refractivity contribution in [2.45, 2.75) is 39.2 Å². The zero-order valence-corrected chi connectivity index (χ0v) is 11.3. The summed E-state index contributed by atoms with van der Waals surface area (Å²) in [4.78, 5) is 14.7. The van der Waals surface area contributed by atoms with Gasteiger partial charge in [0.15, 0.2) is 0 Å². The molecule has 1 aliphatic carbocycles. The van der Waals surface area contributed by atoms with E-state index in [0.717, 1.165) is 12.8 Å². The summed E-state index contributed by atoms with van der Waals surface area (Å²) in [6.07, 6.45) is 3.37. The molecule has 0 bridgehead atoms. The fraction of sp³-hybridized carbons (Fsp3) is 0.615. The third-order valence-electron chi connectivity index (χ3n) is 4.12. The van der Waals surface area contributed by atoms with Crippen LogP contribution < -0.4 is 11.1 Å². The fourth-order valence-electron chi connectivity index (χ4n) is 2.68. The molecule has 3 atom stereocenters. The van der Waals surface area contributed by atoms with Gasteiger partial charge in [0.25, 0.3) is 0 Å². The summed E-state index contributed by atoms with van der Waals surface area (Å²) < 4.78 is 0. The third-order valence-corrected chi connectivity index (χ3v) is 4.12. The minimum absolute atomic E-state index is 0.0142. The van der Waals surface area contributed by atoms with Crippen molar-refractivity contribution < 1.29 is 4.92 Å². The van der Waals surface area contributed by atoms with Crippen LogP contribution in [0.2, 0.25) is 0 Å². The molecule has 3 N–H and O–H groups in total. The first-order valence-corrected chi connectivity index (χ1v) is 6.66. The van der Waals surface area contributed by atoms with Crippen LogP contribution in [-0.2, 0) is 0 Å². The number of nitro groups is 1. The van der Waals surface area contributed by atoms with Gasteiger partial charge in [-0.05, 0) is 24.3 Å². The molecule has 1 heterocycles. The van der Waals surface area contributed by atoms with Crippen molar-refractivity contribution in [3.05, 3.63) is 22.2 Å². The van der Waals surface area contributed by atoms with E-state index in [1.165, 1.54) is 18.6 Å². The lowest BCUT2D eigenvalue weighted by molar-refractivity contribution is -0.384. The van der Waals surface area contributed by atoms with E-state index in [1.54, 1.807) is 0 Å². The molecule has 1 fully saturated rings. The van der Waals surface area contributed by atoms with Gasteiger partial charge in [-0.3, -0.25) is 10.1 Å². The molecule has 0 saturated heterocycles. The maximum Gasteiger partial charge on any atom is 0.311 e. The number of nitrogens with two attached hydrogens (primary N) is 1. The molecule has 0 aliphatic heterocycles. The Bertz CT molecular complexity index is 478. The van der Waals surface area contributed by atoms with Gasteiger partial charge in [-0.15, -0.1) is 0 Å². The topological polar surface area (TPSA) is 94.1 Å². The van der Waals surface area contributed by atoms with Gasteiger partial charge in [-0.1, -0.05) is 26.7 Å². The quantitative estimate of drug-likeness (QED) is 0.646. The summed E-state index contributed by atoms with van der Waals surface area (Å²) in [6.45, 7) is 4.40. The van der Waals surface area contributed by atoms with Crippen LogP contribution >= 0.6 is 0 Å². The maximum absolute atomic E-state index is 11.0. The minimum Gasteiger partial charge on any atom is -0.384 e. The summed E-state index contributed by atoms with van der Waals surface area (Å²) >= 11 is 0. The van der Waals surface area contributed by atoms with Gasteiger partial charge in [0.2, 0.25) is 5.82 Å². The first-order chi connectivity index (χ1) is 8.99. The van der Waals surface area contributed by atoms with E-state index < -0.39 is 4.92 Å². The number of pyridine rings is 1. The molecule has 1 saturated carbocycles. The van der Waals surface area contributed by atoms with Gasteiger partial charge in [-0.25, -0.2) is 4.98 Å². The van der Waals surface area contributed by atoms with Crippen LogP contribution in [0.4, 0.5) is 17.3 Å². The Hall–Kier alpha value is -1.85. The molecule has 6 heteroatoms. The Labute approximate surface area is 112 Å². The highest BCUT2D eigenvalue weighted by molar-refractivity contribution is 5.59. The molecule has 0 aromatic carbocycles. The second-order valence-electron chi connectivity index (χ2n) is 5.38. The maximum atomic E-state index is 11.0. The van der Waals surface area contributed by atoms with Crippen molar-refractivity contribution in [3.63, 3.8) is 0 Å². The first kappa shape index (κ1) is 13.6. The van der Waals surface area contributed by atoms with Gasteiger partial charge < -0.3 is 11.1 Å². The van der Waals surface area contributed by atoms with Crippen molar-refractivity contribution in [2.24, 2.45) is 11.8 Å². The molecule has 1 aromatic heterocycles. The normalized spacial score (nSPS) is 26.9. The van der Waals surface area contributed by atoms with E-state index in [2.05, 4.69) is 24.1 Å². The van der Waals surface area contributed by atoms with Crippen LogP contribution in [0.1, 0.15) is 33.1 Å². The number of aromatic nitrogens is 1. The zero-order valence-electron chi connectivity index (χ0n) is 11.3. The smallest absolute Gasteiger partial charge is 0.311 e. The largest absolute Gasteiger partial charge is 0.384 e. The lowest BCUT2D eigenvalue weighted by Crippen LogP contribution is -2.35. The van der Waals surface area contributed by atoms with E-state index in [-0.39, 0.29) is 17.5 Å². The monoisotopic (exact) mass is 264 g/mol. The molecule has 6 nitrogen and oxygen atoms in total. The van der Waals surface area contributed by atoms with E-state index in [1.807, 2.05) is 0 Å². The van der Waals surface area contributed by atoms with Gasteiger partial charge in [0, 0.05) is 12.1 Å². The molecule has 104 valence electrons. The third kappa shape index (κ3) is 2.94. The molecular weight excluding hydrogens is 244 g/mol. The molecule has 2 rings (SSSR count). The Kier molecular flexibility index (Phi) is 3.87. The Morgan fingerprint density at radius 1 is 1.42 bits per heavy atom.